The molecule has 1 unspecified atom stereocenters. The second-order valence-electron chi connectivity index (χ2n) is 5.60. The third-order valence-corrected chi connectivity index (χ3v) is 3.84. The van der Waals surface area contributed by atoms with Gasteiger partial charge in [-0.3, -0.25) is 4.79 Å². The second kappa shape index (κ2) is 6.62. The molecule has 1 amide bonds. The molecule has 1 fully saturated rings. The number of ether oxygens (including phenoxy) is 1. The first-order valence-electron chi connectivity index (χ1n) is 7.60. The monoisotopic (exact) mass is 296 g/mol. The molecule has 2 aromatic carbocycles. The van der Waals surface area contributed by atoms with E-state index in [9.17, 15) is 4.79 Å². The van der Waals surface area contributed by atoms with Gasteiger partial charge in [0.15, 0.2) is 0 Å². The minimum Gasteiger partial charge on any atom is -0.457 e. The average Bonchev–Trinajstić information content (AvgIpc) is 3.38. The van der Waals surface area contributed by atoms with Gasteiger partial charge in [-0.05, 0) is 49.1 Å². The predicted molar refractivity (Wildman–Crippen MR) is 86.0 cm³/mol. The van der Waals surface area contributed by atoms with Crippen LogP contribution in [-0.2, 0) is 0 Å². The van der Waals surface area contributed by atoms with E-state index in [1.54, 1.807) is 12.1 Å². The molecule has 0 saturated heterocycles. The lowest BCUT2D eigenvalue weighted by molar-refractivity contribution is 0.0933. The number of nitrogens with two attached hydrogens (primary N) is 1. The highest BCUT2D eigenvalue weighted by Gasteiger charge is 2.31. The van der Waals surface area contributed by atoms with Gasteiger partial charge in [0.25, 0.3) is 5.91 Å². The molecule has 1 aliphatic rings. The summed E-state index contributed by atoms with van der Waals surface area (Å²) < 4.78 is 5.76. The molecule has 1 saturated carbocycles. The number of hydrogen-bond donors (Lipinski definition) is 2. The third-order valence-electron chi connectivity index (χ3n) is 3.84. The number of nitrogens with one attached hydrogen (secondary N) is 1. The van der Waals surface area contributed by atoms with E-state index in [0.717, 1.165) is 18.6 Å². The molecule has 4 nitrogen and oxygen atoms in total. The van der Waals surface area contributed by atoms with Crippen LogP contribution in [0.25, 0.3) is 0 Å². The number of carbonyl (C=O) groups is 1. The van der Waals surface area contributed by atoms with Gasteiger partial charge in [0.05, 0.1) is 0 Å². The zero-order chi connectivity index (χ0) is 15.4. The van der Waals surface area contributed by atoms with Crippen LogP contribution in [0.3, 0.4) is 0 Å². The fourth-order valence-electron chi connectivity index (χ4n) is 2.44. The molecule has 4 heteroatoms. The Morgan fingerprint density at radius 3 is 2.55 bits per heavy atom. The molecule has 1 atom stereocenters. The van der Waals surface area contributed by atoms with E-state index in [4.69, 9.17) is 10.5 Å². The number of hydrogen-bond acceptors (Lipinski definition) is 3. The zero-order valence-electron chi connectivity index (χ0n) is 12.4. The lowest BCUT2D eigenvalue weighted by Gasteiger charge is -2.16. The van der Waals surface area contributed by atoms with Crippen LogP contribution >= 0.6 is 0 Å². The molecule has 0 spiro atoms. The Morgan fingerprint density at radius 2 is 1.86 bits per heavy atom. The van der Waals surface area contributed by atoms with Gasteiger partial charge in [0.1, 0.15) is 11.5 Å². The Balaban J connectivity index is 1.69. The highest BCUT2D eigenvalue weighted by atomic mass is 16.5. The van der Waals surface area contributed by atoms with Crippen LogP contribution in [0.2, 0.25) is 0 Å². The smallest absolute Gasteiger partial charge is 0.251 e. The number of carbonyl (C=O) groups excluding carboxylic acids is 1. The van der Waals surface area contributed by atoms with E-state index in [0.29, 0.717) is 23.8 Å². The van der Waals surface area contributed by atoms with Gasteiger partial charge in [-0.15, -0.1) is 0 Å². The Kier molecular flexibility index (Phi) is 4.39. The van der Waals surface area contributed by atoms with Crippen LogP contribution in [0.1, 0.15) is 23.2 Å². The summed E-state index contributed by atoms with van der Waals surface area (Å²) >= 11 is 0. The van der Waals surface area contributed by atoms with Crippen LogP contribution in [-0.4, -0.2) is 18.5 Å². The van der Waals surface area contributed by atoms with Gasteiger partial charge < -0.3 is 15.8 Å². The standard InChI is InChI=1S/C18H20N2O2/c19-12-17(13-9-10-13)20-18(21)14-5-4-8-16(11-14)22-15-6-2-1-3-7-15/h1-8,11,13,17H,9-10,12,19H2,(H,20,21). The van der Waals surface area contributed by atoms with Crippen molar-refractivity contribution < 1.29 is 9.53 Å². The molecular formula is C18H20N2O2. The zero-order valence-corrected chi connectivity index (χ0v) is 12.4. The molecule has 2 aromatic rings. The van der Waals surface area contributed by atoms with Crippen LogP contribution < -0.4 is 15.8 Å². The van der Waals surface area contributed by atoms with Gasteiger partial charge in [0, 0.05) is 18.2 Å². The maximum atomic E-state index is 12.3. The maximum Gasteiger partial charge on any atom is 0.251 e. The molecule has 3 rings (SSSR count). The van der Waals surface area contributed by atoms with Crippen molar-refractivity contribution in [3.05, 3.63) is 60.2 Å². The van der Waals surface area contributed by atoms with E-state index in [-0.39, 0.29) is 11.9 Å². The number of amides is 1. The Morgan fingerprint density at radius 1 is 1.14 bits per heavy atom. The second-order valence-corrected chi connectivity index (χ2v) is 5.60. The molecule has 0 bridgehead atoms. The SMILES string of the molecule is NCC(NC(=O)c1cccc(Oc2ccccc2)c1)C1CC1. The molecule has 1 aliphatic carbocycles. The molecule has 3 N–H and O–H groups in total. The van der Waals surface area contributed by atoms with E-state index < -0.39 is 0 Å². The number of rotatable bonds is 6. The van der Waals surface area contributed by atoms with E-state index in [2.05, 4.69) is 5.32 Å². The Labute approximate surface area is 130 Å². The van der Waals surface area contributed by atoms with Crippen LogP contribution in [0.4, 0.5) is 0 Å². The van der Waals surface area contributed by atoms with Crippen molar-refractivity contribution in [2.24, 2.45) is 11.7 Å². The molecule has 0 aliphatic heterocycles. The fraction of sp³-hybridized carbons (Fsp3) is 0.278. The summed E-state index contributed by atoms with van der Waals surface area (Å²) in [6.45, 7) is 0.483. The largest absolute Gasteiger partial charge is 0.457 e. The molecule has 0 aromatic heterocycles. The van der Waals surface area contributed by atoms with Crippen molar-refractivity contribution >= 4 is 5.91 Å². The van der Waals surface area contributed by atoms with Gasteiger partial charge in [-0.1, -0.05) is 24.3 Å². The van der Waals surface area contributed by atoms with Crippen molar-refractivity contribution in [3.8, 4) is 11.5 Å². The highest BCUT2D eigenvalue weighted by molar-refractivity contribution is 5.94. The summed E-state index contributed by atoms with van der Waals surface area (Å²) in [6, 6.07) is 16.8. The molecule has 114 valence electrons. The first-order valence-corrected chi connectivity index (χ1v) is 7.60. The van der Waals surface area contributed by atoms with E-state index in [1.807, 2.05) is 42.5 Å². The van der Waals surface area contributed by atoms with Gasteiger partial charge >= 0.3 is 0 Å². The van der Waals surface area contributed by atoms with Crippen molar-refractivity contribution in [3.63, 3.8) is 0 Å². The highest BCUT2D eigenvalue weighted by Crippen LogP contribution is 2.32. The Hall–Kier alpha value is -2.33. The van der Waals surface area contributed by atoms with E-state index >= 15 is 0 Å². The van der Waals surface area contributed by atoms with Crippen LogP contribution in [0, 0.1) is 5.92 Å². The summed E-state index contributed by atoms with van der Waals surface area (Å²) in [6.07, 6.45) is 2.30. The predicted octanol–water partition coefficient (Wildman–Crippen LogP) is 2.95. The van der Waals surface area contributed by atoms with Crippen molar-refractivity contribution in [2.75, 3.05) is 6.54 Å². The Bertz CT molecular complexity index is 639. The lowest BCUT2D eigenvalue weighted by Crippen LogP contribution is -2.41. The number of para-hydroxylation sites is 1. The topological polar surface area (TPSA) is 64.3 Å². The van der Waals surface area contributed by atoms with Gasteiger partial charge in [-0.2, -0.15) is 0 Å². The first-order chi connectivity index (χ1) is 10.8. The quantitative estimate of drug-likeness (QED) is 0.861. The van der Waals surface area contributed by atoms with Gasteiger partial charge in [0.2, 0.25) is 0 Å². The summed E-state index contributed by atoms with van der Waals surface area (Å²) in [5.74, 6) is 1.84. The van der Waals surface area contributed by atoms with Crippen LogP contribution in [0.15, 0.2) is 54.6 Å². The van der Waals surface area contributed by atoms with Crippen molar-refractivity contribution in [1.82, 2.24) is 5.32 Å². The molecular weight excluding hydrogens is 276 g/mol. The summed E-state index contributed by atoms with van der Waals surface area (Å²) in [5.41, 5.74) is 6.32. The first kappa shape index (κ1) is 14.6. The maximum absolute atomic E-state index is 12.3. The fourth-order valence-corrected chi connectivity index (χ4v) is 2.44. The lowest BCUT2D eigenvalue weighted by atomic mass is 10.1. The number of benzene rings is 2. The van der Waals surface area contributed by atoms with Crippen molar-refractivity contribution in [2.45, 2.75) is 18.9 Å². The van der Waals surface area contributed by atoms with E-state index in [1.165, 1.54) is 0 Å². The minimum atomic E-state index is -0.0964. The third kappa shape index (κ3) is 3.65. The molecule has 0 radical (unpaired) electrons. The van der Waals surface area contributed by atoms with Crippen LogP contribution in [0.5, 0.6) is 11.5 Å². The summed E-state index contributed by atoms with van der Waals surface area (Å²) in [4.78, 5) is 12.3. The average molecular weight is 296 g/mol. The summed E-state index contributed by atoms with van der Waals surface area (Å²) in [5, 5.41) is 3.02. The summed E-state index contributed by atoms with van der Waals surface area (Å²) in [7, 11) is 0. The minimum absolute atomic E-state index is 0.0752. The molecule has 0 heterocycles. The normalized spacial score (nSPS) is 15.1. The van der Waals surface area contributed by atoms with Crippen molar-refractivity contribution in [1.29, 1.82) is 0 Å². The van der Waals surface area contributed by atoms with Gasteiger partial charge in [-0.25, -0.2) is 0 Å². The molecule has 22 heavy (non-hydrogen) atoms.